The average molecular weight is 299 g/mol. The molecule has 3 nitrogen and oxygen atoms in total. The van der Waals surface area contributed by atoms with E-state index in [1.807, 2.05) is 0 Å². The second kappa shape index (κ2) is 5.34. The molecule has 2 aliphatic rings. The first-order valence-electron chi connectivity index (χ1n) is 6.88. The molecule has 0 saturated carbocycles. The van der Waals surface area contributed by atoms with E-state index in [1.165, 1.54) is 12.1 Å². The second-order valence-electron chi connectivity index (χ2n) is 5.89. The fraction of sp³-hybridized carbons (Fsp3) is 0.533. The summed E-state index contributed by atoms with van der Waals surface area (Å²) in [6, 6.07) is 5.01. The van der Waals surface area contributed by atoms with Crippen LogP contribution >= 0.6 is 12.4 Å². The SMILES string of the molecule is CC(C)N1CCC[C@@]2(C1)C(=O)Nc1ccc(F)cc12.Cl. The summed E-state index contributed by atoms with van der Waals surface area (Å²) in [6.07, 6.45) is 1.78. The fourth-order valence-electron chi connectivity index (χ4n) is 3.32. The molecule has 2 heterocycles. The third-order valence-corrected chi connectivity index (χ3v) is 4.43. The number of halogens is 2. The van der Waals surface area contributed by atoms with Crippen LogP contribution in [0.3, 0.4) is 0 Å². The molecule has 5 heteroatoms. The highest BCUT2D eigenvalue weighted by Crippen LogP contribution is 2.44. The topological polar surface area (TPSA) is 32.3 Å². The van der Waals surface area contributed by atoms with Crippen LogP contribution in [0.5, 0.6) is 0 Å². The molecule has 0 bridgehead atoms. The van der Waals surface area contributed by atoms with E-state index in [4.69, 9.17) is 0 Å². The van der Waals surface area contributed by atoms with Crippen LogP contribution in [0, 0.1) is 5.82 Å². The van der Waals surface area contributed by atoms with Gasteiger partial charge in [0.25, 0.3) is 0 Å². The number of anilines is 1. The van der Waals surface area contributed by atoms with E-state index in [0.717, 1.165) is 30.6 Å². The Bertz CT molecular complexity index is 535. The zero-order valence-corrected chi connectivity index (χ0v) is 12.6. The van der Waals surface area contributed by atoms with E-state index in [9.17, 15) is 9.18 Å². The van der Waals surface area contributed by atoms with Gasteiger partial charge in [0.15, 0.2) is 0 Å². The maximum atomic E-state index is 13.5. The van der Waals surface area contributed by atoms with Crippen molar-refractivity contribution >= 4 is 24.0 Å². The van der Waals surface area contributed by atoms with Crippen molar-refractivity contribution in [2.75, 3.05) is 18.4 Å². The summed E-state index contributed by atoms with van der Waals surface area (Å²) in [7, 11) is 0. The van der Waals surface area contributed by atoms with Crippen LogP contribution < -0.4 is 5.32 Å². The number of hydrogen-bond acceptors (Lipinski definition) is 2. The number of nitrogens with zero attached hydrogens (tertiary/aromatic N) is 1. The van der Waals surface area contributed by atoms with Crippen molar-refractivity contribution < 1.29 is 9.18 Å². The summed E-state index contributed by atoms with van der Waals surface area (Å²) in [5, 5.41) is 2.91. The van der Waals surface area contributed by atoms with Gasteiger partial charge in [0.2, 0.25) is 5.91 Å². The number of hydrogen-bond donors (Lipinski definition) is 1. The van der Waals surface area contributed by atoms with Gasteiger partial charge in [-0.1, -0.05) is 0 Å². The summed E-state index contributed by atoms with van der Waals surface area (Å²) in [6.45, 7) is 5.97. The molecule has 1 amide bonds. The van der Waals surface area contributed by atoms with Crippen LogP contribution in [0.25, 0.3) is 0 Å². The lowest BCUT2D eigenvalue weighted by Crippen LogP contribution is -2.52. The van der Waals surface area contributed by atoms with Crippen LogP contribution in [-0.2, 0) is 10.2 Å². The molecule has 0 aliphatic carbocycles. The summed E-state index contributed by atoms with van der Waals surface area (Å²) < 4.78 is 13.5. The first kappa shape index (κ1) is 15.3. The van der Waals surface area contributed by atoms with E-state index in [2.05, 4.69) is 24.1 Å². The second-order valence-corrected chi connectivity index (χ2v) is 5.89. The Kier molecular flexibility index (Phi) is 4.07. The summed E-state index contributed by atoms with van der Waals surface area (Å²) in [4.78, 5) is 14.7. The van der Waals surface area contributed by atoms with E-state index in [1.54, 1.807) is 6.07 Å². The van der Waals surface area contributed by atoms with Gasteiger partial charge in [0, 0.05) is 18.3 Å². The number of benzene rings is 1. The molecular weight excluding hydrogens is 279 g/mol. The third kappa shape index (κ3) is 2.21. The van der Waals surface area contributed by atoms with Crippen molar-refractivity contribution in [3.05, 3.63) is 29.6 Å². The Morgan fingerprint density at radius 2 is 2.15 bits per heavy atom. The normalized spacial score (nSPS) is 25.5. The zero-order valence-electron chi connectivity index (χ0n) is 11.8. The quantitative estimate of drug-likeness (QED) is 0.864. The standard InChI is InChI=1S/C15H19FN2O.ClH/c1-10(2)18-7-3-6-15(9-18)12-8-11(16)4-5-13(12)17-14(15)19;/h4-5,8,10H,3,6-7,9H2,1-2H3,(H,17,19);1H/t15-;/m0./s1. The van der Waals surface area contributed by atoms with E-state index in [0.29, 0.717) is 12.6 Å². The molecule has 1 aromatic carbocycles. The Morgan fingerprint density at radius 3 is 2.85 bits per heavy atom. The smallest absolute Gasteiger partial charge is 0.236 e. The van der Waals surface area contributed by atoms with Gasteiger partial charge in [-0.3, -0.25) is 9.69 Å². The predicted octanol–water partition coefficient (Wildman–Crippen LogP) is 2.94. The molecule has 0 unspecified atom stereocenters. The summed E-state index contributed by atoms with van der Waals surface area (Å²) in [5.74, 6) is -0.241. The lowest BCUT2D eigenvalue weighted by molar-refractivity contribution is -0.123. The van der Waals surface area contributed by atoms with Gasteiger partial charge in [-0.05, 0) is 57.0 Å². The zero-order chi connectivity index (χ0) is 13.6. The molecule has 1 aromatic rings. The Balaban J connectivity index is 0.00000147. The lowest BCUT2D eigenvalue weighted by atomic mass is 9.74. The van der Waals surface area contributed by atoms with Gasteiger partial charge in [-0.15, -0.1) is 12.4 Å². The molecule has 20 heavy (non-hydrogen) atoms. The Morgan fingerprint density at radius 1 is 1.40 bits per heavy atom. The molecule has 1 N–H and O–H groups in total. The number of piperidine rings is 1. The highest BCUT2D eigenvalue weighted by Gasteiger charge is 2.49. The first-order valence-corrected chi connectivity index (χ1v) is 6.88. The largest absolute Gasteiger partial charge is 0.325 e. The molecular formula is C15H20ClFN2O. The lowest BCUT2D eigenvalue weighted by Gasteiger charge is -2.41. The predicted molar refractivity (Wildman–Crippen MR) is 79.9 cm³/mol. The molecule has 1 spiro atoms. The van der Waals surface area contributed by atoms with Crippen molar-refractivity contribution in [3.8, 4) is 0 Å². The van der Waals surface area contributed by atoms with Crippen LogP contribution in [0.1, 0.15) is 32.3 Å². The molecule has 1 saturated heterocycles. The van der Waals surface area contributed by atoms with Gasteiger partial charge in [0.1, 0.15) is 5.82 Å². The highest BCUT2D eigenvalue weighted by molar-refractivity contribution is 6.06. The maximum absolute atomic E-state index is 13.5. The molecule has 2 aliphatic heterocycles. The van der Waals surface area contributed by atoms with Crippen molar-refractivity contribution in [1.29, 1.82) is 0 Å². The van der Waals surface area contributed by atoms with Gasteiger partial charge in [-0.2, -0.15) is 0 Å². The fourth-order valence-corrected chi connectivity index (χ4v) is 3.32. The third-order valence-electron chi connectivity index (χ3n) is 4.43. The maximum Gasteiger partial charge on any atom is 0.236 e. The van der Waals surface area contributed by atoms with Crippen LogP contribution in [-0.4, -0.2) is 29.9 Å². The Hall–Kier alpha value is -1.13. The van der Waals surface area contributed by atoms with Gasteiger partial charge >= 0.3 is 0 Å². The van der Waals surface area contributed by atoms with Crippen molar-refractivity contribution in [2.45, 2.75) is 38.1 Å². The average Bonchev–Trinajstić information content (AvgIpc) is 2.63. The van der Waals surface area contributed by atoms with Crippen LogP contribution in [0.15, 0.2) is 18.2 Å². The minimum absolute atomic E-state index is 0. The number of nitrogens with one attached hydrogen (secondary N) is 1. The molecule has 110 valence electrons. The number of fused-ring (bicyclic) bond motifs is 2. The number of likely N-dealkylation sites (tertiary alicyclic amines) is 1. The van der Waals surface area contributed by atoms with Gasteiger partial charge in [-0.25, -0.2) is 4.39 Å². The summed E-state index contributed by atoms with van der Waals surface area (Å²) >= 11 is 0. The minimum Gasteiger partial charge on any atom is -0.325 e. The van der Waals surface area contributed by atoms with E-state index >= 15 is 0 Å². The van der Waals surface area contributed by atoms with Crippen molar-refractivity contribution in [3.63, 3.8) is 0 Å². The van der Waals surface area contributed by atoms with Crippen molar-refractivity contribution in [1.82, 2.24) is 4.90 Å². The monoisotopic (exact) mass is 298 g/mol. The highest BCUT2D eigenvalue weighted by atomic mass is 35.5. The minimum atomic E-state index is -0.556. The van der Waals surface area contributed by atoms with Crippen LogP contribution in [0.2, 0.25) is 0 Å². The molecule has 1 atom stereocenters. The first-order chi connectivity index (χ1) is 9.03. The van der Waals surface area contributed by atoms with Crippen LogP contribution in [0.4, 0.5) is 10.1 Å². The number of amides is 1. The Labute approximate surface area is 124 Å². The number of rotatable bonds is 1. The molecule has 1 fully saturated rings. The summed E-state index contributed by atoms with van der Waals surface area (Å²) in [5.41, 5.74) is 1.06. The molecule has 0 aromatic heterocycles. The number of carbonyl (C=O) groups excluding carboxylic acids is 1. The number of carbonyl (C=O) groups is 1. The van der Waals surface area contributed by atoms with Gasteiger partial charge in [0.05, 0.1) is 5.41 Å². The van der Waals surface area contributed by atoms with Crippen molar-refractivity contribution in [2.24, 2.45) is 0 Å². The molecule has 0 radical (unpaired) electrons. The van der Waals surface area contributed by atoms with Gasteiger partial charge < -0.3 is 5.32 Å². The van der Waals surface area contributed by atoms with E-state index < -0.39 is 5.41 Å². The van der Waals surface area contributed by atoms with E-state index in [-0.39, 0.29) is 24.1 Å². The molecule has 3 rings (SSSR count).